The van der Waals surface area contributed by atoms with Gasteiger partial charge < -0.3 is 20.5 Å². The monoisotopic (exact) mass is 320 g/mol. The van der Waals surface area contributed by atoms with Gasteiger partial charge in [-0.05, 0) is 38.0 Å². The Bertz CT molecular complexity index is 543. The maximum atomic E-state index is 12.7. The van der Waals surface area contributed by atoms with Crippen molar-refractivity contribution < 1.29 is 14.3 Å². The van der Waals surface area contributed by atoms with Crippen LogP contribution in [-0.4, -0.2) is 31.7 Å². The first-order valence-electron chi connectivity index (χ1n) is 8.40. The van der Waals surface area contributed by atoms with Crippen LogP contribution in [0.15, 0.2) is 18.2 Å². The van der Waals surface area contributed by atoms with Crippen molar-refractivity contribution in [3.05, 3.63) is 23.8 Å². The molecular formula is C18H28N2O3. The van der Waals surface area contributed by atoms with Crippen LogP contribution >= 0.6 is 0 Å². The van der Waals surface area contributed by atoms with Crippen LogP contribution in [0.2, 0.25) is 0 Å². The predicted molar refractivity (Wildman–Crippen MR) is 91.0 cm³/mol. The standard InChI is InChI=1S/C18H28N2O3/c1-4-5-6-14(12-19)20-17(21)18(2,3)13-7-8-15-16(11-13)23-10-9-22-15/h7-8,11,14H,4-6,9-10,12,19H2,1-3H3,(H,20,21). The summed E-state index contributed by atoms with van der Waals surface area (Å²) in [7, 11) is 0. The van der Waals surface area contributed by atoms with Crippen molar-refractivity contribution in [2.24, 2.45) is 5.73 Å². The molecule has 1 atom stereocenters. The molecule has 0 bridgehead atoms. The van der Waals surface area contributed by atoms with Gasteiger partial charge in [-0.15, -0.1) is 0 Å². The number of fused-ring (bicyclic) bond motifs is 1. The molecule has 23 heavy (non-hydrogen) atoms. The second-order valence-corrected chi connectivity index (χ2v) is 6.53. The van der Waals surface area contributed by atoms with Crippen molar-refractivity contribution in [3.8, 4) is 11.5 Å². The zero-order valence-corrected chi connectivity index (χ0v) is 14.4. The average molecular weight is 320 g/mol. The number of ether oxygens (including phenoxy) is 2. The van der Waals surface area contributed by atoms with Gasteiger partial charge in [0.05, 0.1) is 5.41 Å². The van der Waals surface area contributed by atoms with Crippen LogP contribution in [0.1, 0.15) is 45.6 Å². The smallest absolute Gasteiger partial charge is 0.230 e. The summed E-state index contributed by atoms with van der Waals surface area (Å²) in [4.78, 5) is 12.7. The summed E-state index contributed by atoms with van der Waals surface area (Å²) in [5, 5.41) is 3.08. The fraction of sp³-hybridized carbons (Fsp3) is 0.611. The fourth-order valence-electron chi connectivity index (χ4n) is 2.63. The van der Waals surface area contributed by atoms with E-state index in [2.05, 4.69) is 12.2 Å². The Morgan fingerprint density at radius 2 is 2.00 bits per heavy atom. The Labute approximate surface area is 138 Å². The molecule has 128 valence electrons. The maximum Gasteiger partial charge on any atom is 0.230 e. The minimum atomic E-state index is -0.657. The van der Waals surface area contributed by atoms with Crippen molar-refractivity contribution in [3.63, 3.8) is 0 Å². The molecule has 1 aliphatic rings. The topological polar surface area (TPSA) is 73.6 Å². The van der Waals surface area contributed by atoms with Gasteiger partial charge in [0.1, 0.15) is 13.2 Å². The molecule has 2 rings (SSSR count). The second kappa shape index (κ2) is 7.68. The Kier molecular flexibility index (Phi) is 5.88. The van der Waals surface area contributed by atoms with E-state index in [0.717, 1.165) is 30.6 Å². The van der Waals surface area contributed by atoms with E-state index >= 15 is 0 Å². The lowest BCUT2D eigenvalue weighted by atomic mass is 9.83. The third-order valence-corrected chi connectivity index (χ3v) is 4.36. The van der Waals surface area contributed by atoms with E-state index in [9.17, 15) is 4.79 Å². The molecule has 0 spiro atoms. The Morgan fingerprint density at radius 1 is 1.30 bits per heavy atom. The number of benzene rings is 1. The van der Waals surface area contributed by atoms with Gasteiger partial charge in [-0.1, -0.05) is 25.8 Å². The molecule has 0 radical (unpaired) electrons. The third-order valence-electron chi connectivity index (χ3n) is 4.36. The first-order chi connectivity index (χ1) is 11.0. The van der Waals surface area contributed by atoms with Crippen molar-refractivity contribution in [2.45, 2.75) is 51.5 Å². The maximum absolute atomic E-state index is 12.7. The normalized spacial score (nSPS) is 15.1. The number of hydrogen-bond acceptors (Lipinski definition) is 4. The summed E-state index contributed by atoms with van der Waals surface area (Å²) in [5.41, 5.74) is 6.03. The van der Waals surface area contributed by atoms with Crippen LogP contribution in [0.5, 0.6) is 11.5 Å². The van der Waals surface area contributed by atoms with E-state index in [0.29, 0.717) is 25.5 Å². The second-order valence-electron chi connectivity index (χ2n) is 6.53. The van der Waals surface area contributed by atoms with Crippen molar-refractivity contribution in [2.75, 3.05) is 19.8 Å². The molecule has 0 aliphatic carbocycles. The predicted octanol–water partition coefficient (Wildman–Crippen LogP) is 2.37. The summed E-state index contributed by atoms with van der Waals surface area (Å²) < 4.78 is 11.2. The van der Waals surface area contributed by atoms with Gasteiger partial charge in [-0.3, -0.25) is 4.79 Å². The van der Waals surface area contributed by atoms with Crippen molar-refractivity contribution in [1.82, 2.24) is 5.32 Å². The number of hydrogen-bond donors (Lipinski definition) is 2. The number of nitrogens with two attached hydrogens (primary N) is 1. The molecule has 1 heterocycles. The molecule has 1 aromatic rings. The lowest BCUT2D eigenvalue weighted by Crippen LogP contribution is -2.47. The third kappa shape index (κ3) is 4.16. The minimum Gasteiger partial charge on any atom is -0.486 e. The minimum absolute atomic E-state index is 0.0132. The fourth-order valence-corrected chi connectivity index (χ4v) is 2.63. The van der Waals surface area contributed by atoms with E-state index in [4.69, 9.17) is 15.2 Å². The summed E-state index contributed by atoms with van der Waals surface area (Å²) in [6.45, 7) is 7.53. The van der Waals surface area contributed by atoms with Gasteiger partial charge in [0.25, 0.3) is 0 Å². The summed E-state index contributed by atoms with van der Waals surface area (Å²) >= 11 is 0. The van der Waals surface area contributed by atoms with Gasteiger partial charge in [-0.25, -0.2) is 0 Å². The van der Waals surface area contributed by atoms with E-state index < -0.39 is 5.41 Å². The number of carbonyl (C=O) groups excluding carboxylic acids is 1. The highest BCUT2D eigenvalue weighted by Crippen LogP contribution is 2.35. The SMILES string of the molecule is CCCCC(CN)NC(=O)C(C)(C)c1ccc2c(c1)OCCO2. The van der Waals surface area contributed by atoms with Gasteiger partial charge >= 0.3 is 0 Å². The highest BCUT2D eigenvalue weighted by atomic mass is 16.6. The lowest BCUT2D eigenvalue weighted by molar-refractivity contribution is -0.126. The number of rotatable bonds is 7. The molecule has 5 heteroatoms. The zero-order valence-electron chi connectivity index (χ0n) is 14.4. The highest BCUT2D eigenvalue weighted by Gasteiger charge is 2.32. The summed E-state index contributed by atoms with van der Waals surface area (Å²) in [5.74, 6) is 1.43. The van der Waals surface area contributed by atoms with E-state index in [-0.39, 0.29) is 11.9 Å². The van der Waals surface area contributed by atoms with Crippen molar-refractivity contribution in [1.29, 1.82) is 0 Å². The molecule has 1 aromatic carbocycles. The van der Waals surface area contributed by atoms with E-state index in [1.54, 1.807) is 0 Å². The first-order valence-corrected chi connectivity index (χ1v) is 8.40. The number of amides is 1. The Morgan fingerprint density at radius 3 is 2.65 bits per heavy atom. The van der Waals surface area contributed by atoms with Gasteiger partial charge in [0.15, 0.2) is 11.5 Å². The van der Waals surface area contributed by atoms with Crippen LogP contribution in [-0.2, 0) is 10.2 Å². The average Bonchev–Trinajstić information content (AvgIpc) is 2.57. The number of carbonyl (C=O) groups is 1. The van der Waals surface area contributed by atoms with Crippen LogP contribution in [0.4, 0.5) is 0 Å². The quantitative estimate of drug-likeness (QED) is 0.809. The molecule has 0 saturated carbocycles. The van der Waals surface area contributed by atoms with Crippen LogP contribution < -0.4 is 20.5 Å². The molecule has 1 aliphatic heterocycles. The molecule has 0 fully saturated rings. The first kappa shape index (κ1) is 17.6. The van der Waals surface area contributed by atoms with Crippen LogP contribution in [0.25, 0.3) is 0 Å². The molecule has 1 amide bonds. The summed E-state index contributed by atoms with van der Waals surface area (Å²) in [6.07, 6.45) is 3.07. The van der Waals surface area contributed by atoms with Crippen LogP contribution in [0, 0.1) is 0 Å². The molecule has 5 nitrogen and oxygen atoms in total. The largest absolute Gasteiger partial charge is 0.486 e. The molecule has 1 unspecified atom stereocenters. The number of nitrogens with one attached hydrogen (secondary N) is 1. The molecule has 3 N–H and O–H groups in total. The Hall–Kier alpha value is -1.75. The summed E-state index contributed by atoms with van der Waals surface area (Å²) in [6, 6.07) is 5.73. The van der Waals surface area contributed by atoms with E-state index in [1.165, 1.54) is 0 Å². The molecule has 0 aromatic heterocycles. The van der Waals surface area contributed by atoms with Crippen LogP contribution in [0.3, 0.4) is 0 Å². The highest BCUT2D eigenvalue weighted by molar-refractivity contribution is 5.87. The number of unbranched alkanes of at least 4 members (excludes halogenated alkanes) is 1. The van der Waals surface area contributed by atoms with Crippen molar-refractivity contribution >= 4 is 5.91 Å². The lowest BCUT2D eigenvalue weighted by Gasteiger charge is -2.29. The Balaban J connectivity index is 2.11. The van der Waals surface area contributed by atoms with E-state index in [1.807, 2.05) is 32.0 Å². The van der Waals surface area contributed by atoms with Gasteiger partial charge in [-0.2, -0.15) is 0 Å². The van der Waals surface area contributed by atoms with Gasteiger partial charge in [0, 0.05) is 12.6 Å². The molecular weight excluding hydrogens is 292 g/mol. The van der Waals surface area contributed by atoms with Gasteiger partial charge in [0.2, 0.25) is 5.91 Å². The molecule has 0 saturated heterocycles. The zero-order chi connectivity index (χ0) is 16.9.